The van der Waals surface area contributed by atoms with Crippen LogP contribution in [0.5, 0.6) is 0 Å². The van der Waals surface area contributed by atoms with Gasteiger partial charge in [0.2, 0.25) is 0 Å². The first-order valence-electron chi connectivity index (χ1n) is 9.25. The van der Waals surface area contributed by atoms with E-state index in [2.05, 4.69) is 34.6 Å². The average molecular weight is 386 g/mol. The lowest BCUT2D eigenvalue weighted by atomic mass is 10.1. The normalized spacial score (nSPS) is 12.0. The predicted octanol–water partition coefficient (Wildman–Crippen LogP) is 1.95. The van der Waals surface area contributed by atoms with Crippen molar-refractivity contribution in [2.45, 2.75) is 26.3 Å². The van der Waals surface area contributed by atoms with E-state index in [1.807, 2.05) is 35.7 Å². The van der Waals surface area contributed by atoms with Crippen LogP contribution in [0.2, 0.25) is 0 Å². The summed E-state index contributed by atoms with van der Waals surface area (Å²) < 4.78 is 5.76. The van der Waals surface area contributed by atoms with Gasteiger partial charge in [-0.05, 0) is 29.9 Å². The van der Waals surface area contributed by atoms with Crippen LogP contribution in [0.1, 0.15) is 24.8 Å². The average Bonchev–Trinajstić information content (AvgIpc) is 3.34. The Morgan fingerprint density at radius 3 is 2.78 bits per heavy atom. The molecule has 1 unspecified atom stereocenters. The molecule has 1 aromatic carbocycles. The maximum atomic E-state index is 12.3. The predicted molar refractivity (Wildman–Crippen MR) is 105 cm³/mol. The molecule has 0 aliphatic heterocycles. The Hall–Kier alpha value is -2.51. The number of quaternary nitrogens is 1. The van der Waals surface area contributed by atoms with Crippen molar-refractivity contribution in [3.05, 3.63) is 59.3 Å². The summed E-state index contributed by atoms with van der Waals surface area (Å²) >= 11 is 1.57. The number of benzene rings is 1. The number of hydrogen-bond acceptors (Lipinski definition) is 5. The van der Waals surface area contributed by atoms with Crippen molar-refractivity contribution in [2.75, 3.05) is 19.6 Å². The van der Waals surface area contributed by atoms with Gasteiger partial charge in [-0.3, -0.25) is 4.79 Å². The molecule has 0 aliphatic rings. The highest BCUT2D eigenvalue weighted by molar-refractivity contribution is 7.13. The maximum absolute atomic E-state index is 12.3. The molecule has 1 amide bonds. The molecule has 2 N–H and O–H groups in total. The first kappa shape index (κ1) is 19.3. The van der Waals surface area contributed by atoms with Crippen molar-refractivity contribution in [3.63, 3.8) is 0 Å². The molecule has 0 fully saturated rings. The molecule has 0 spiro atoms. The molecule has 0 saturated carbocycles. The molecule has 0 saturated heterocycles. The van der Waals surface area contributed by atoms with Crippen molar-refractivity contribution < 1.29 is 14.1 Å². The standard InChI is InChI=1S/C20H24N4O2S/c1-2-12-24(14-18(25)21-11-10-16-7-4-3-5-8-16)15-19-22-23-20(26-19)17-9-6-13-27-17/h3-9,13H,2,10-12,14-15H2,1H3,(H,21,25)/p+1. The van der Waals surface area contributed by atoms with E-state index in [1.165, 1.54) is 5.56 Å². The number of carbonyl (C=O) groups excluding carboxylic acids is 1. The minimum atomic E-state index is 0.0485. The Morgan fingerprint density at radius 1 is 1.19 bits per heavy atom. The zero-order valence-corrected chi connectivity index (χ0v) is 16.3. The van der Waals surface area contributed by atoms with Crippen molar-refractivity contribution >= 4 is 17.2 Å². The van der Waals surface area contributed by atoms with Crippen LogP contribution in [-0.4, -0.2) is 35.7 Å². The second-order valence-electron chi connectivity index (χ2n) is 6.42. The summed E-state index contributed by atoms with van der Waals surface area (Å²) in [5.41, 5.74) is 1.22. The molecule has 2 heterocycles. The number of nitrogens with zero attached hydrogens (tertiary/aromatic N) is 2. The van der Waals surface area contributed by atoms with Gasteiger partial charge < -0.3 is 14.6 Å². The Morgan fingerprint density at radius 2 is 2.04 bits per heavy atom. The fourth-order valence-corrected chi connectivity index (χ4v) is 3.56. The lowest BCUT2D eigenvalue weighted by Gasteiger charge is -2.16. The molecule has 0 aliphatic carbocycles. The van der Waals surface area contributed by atoms with E-state index in [0.717, 1.165) is 29.2 Å². The summed E-state index contributed by atoms with van der Waals surface area (Å²) in [6, 6.07) is 14.1. The number of nitrogens with one attached hydrogen (secondary N) is 2. The number of carbonyl (C=O) groups is 1. The highest BCUT2D eigenvalue weighted by atomic mass is 32.1. The van der Waals surface area contributed by atoms with E-state index in [-0.39, 0.29) is 5.91 Å². The molecule has 3 aromatic rings. The SMILES string of the molecule is CCC[NH+](CC(=O)NCCc1ccccc1)Cc1nnc(-c2cccs2)o1. The fourth-order valence-electron chi connectivity index (χ4n) is 2.91. The zero-order chi connectivity index (χ0) is 18.9. The maximum Gasteiger partial charge on any atom is 0.275 e. The summed E-state index contributed by atoms with van der Waals surface area (Å²) in [6.07, 6.45) is 1.82. The van der Waals surface area contributed by atoms with Crippen LogP contribution in [0.15, 0.2) is 52.3 Å². The number of rotatable bonds is 10. The molecule has 3 rings (SSSR count). The summed E-state index contributed by atoms with van der Waals surface area (Å²) in [5, 5.41) is 13.2. The van der Waals surface area contributed by atoms with Gasteiger partial charge >= 0.3 is 0 Å². The molecular formula is C20H25N4O2S+. The summed E-state index contributed by atoms with van der Waals surface area (Å²) in [4.78, 5) is 14.4. The van der Waals surface area contributed by atoms with Gasteiger partial charge in [0.05, 0.1) is 11.4 Å². The topological polar surface area (TPSA) is 72.5 Å². The van der Waals surface area contributed by atoms with Crippen LogP contribution in [0.3, 0.4) is 0 Å². The minimum absolute atomic E-state index is 0.0485. The van der Waals surface area contributed by atoms with Crippen LogP contribution in [0.25, 0.3) is 10.8 Å². The van der Waals surface area contributed by atoms with E-state index in [0.29, 0.717) is 31.4 Å². The zero-order valence-electron chi connectivity index (χ0n) is 15.5. The second-order valence-corrected chi connectivity index (χ2v) is 7.37. The minimum Gasteiger partial charge on any atom is -0.414 e. The summed E-state index contributed by atoms with van der Waals surface area (Å²) in [5.74, 6) is 1.16. The summed E-state index contributed by atoms with van der Waals surface area (Å²) in [6.45, 7) is 4.59. The van der Waals surface area contributed by atoms with E-state index in [9.17, 15) is 4.79 Å². The molecule has 6 nitrogen and oxygen atoms in total. The van der Waals surface area contributed by atoms with Crippen LogP contribution < -0.4 is 10.2 Å². The van der Waals surface area contributed by atoms with Crippen LogP contribution >= 0.6 is 11.3 Å². The van der Waals surface area contributed by atoms with Crippen molar-refractivity contribution in [3.8, 4) is 10.8 Å². The molecular weight excluding hydrogens is 360 g/mol. The highest BCUT2D eigenvalue weighted by Gasteiger charge is 2.18. The van der Waals surface area contributed by atoms with Gasteiger partial charge in [-0.15, -0.1) is 21.5 Å². The third-order valence-corrected chi connectivity index (χ3v) is 5.05. The van der Waals surface area contributed by atoms with Crippen LogP contribution in [-0.2, 0) is 17.8 Å². The molecule has 0 bridgehead atoms. The largest absolute Gasteiger partial charge is 0.414 e. The molecule has 142 valence electrons. The lowest BCUT2D eigenvalue weighted by molar-refractivity contribution is -0.907. The van der Waals surface area contributed by atoms with Crippen molar-refractivity contribution in [1.82, 2.24) is 15.5 Å². The second kappa shape index (κ2) is 9.99. The van der Waals surface area contributed by atoms with Gasteiger partial charge in [0.15, 0.2) is 13.1 Å². The van der Waals surface area contributed by atoms with Gasteiger partial charge in [0.1, 0.15) is 0 Å². The van der Waals surface area contributed by atoms with Gasteiger partial charge in [-0.25, -0.2) is 0 Å². The third kappa shape index (κ3) is 6.01. The van der Waals surface area contributed by atoms with Gasteiger partial charge in [0, 0.05) is 6.54 Å². The van der Waals surface area contributed by atoms with E-state index < -0.39 is 0 Å². The Balaban J connectivity index is 1.48. The lowest BCUT2D eigenvalue weighted by Crippen LogP contribution is -3.12. The number of thiophene rings is 1. The first-order chi connectivity index (χ1) is 13.2. The smallest absolute Gasteiger partial charge is 0.275 e. The van der Waals surface area contributed by atoms with Gasteiger partial charge in [-0.1, -0.05) is 43.3 Å². The molecule has 7 heteroatoms. The summed E-state index contributed by atoms with van der Waals surface area (Å²) in [7, 11) is 0. The fraction of sp³-hybridized carbons (Fsp3) is 0.350. The monoisotopic (exact) mass is 385 g/mol. The third-order valence-electron chi connectivity index (χ3n) is 4.19. The van der Waals surface area contributed by atoms with Crippen LogP contribution in [0, 0.1) is 0 Å². The molecule has 0 radical (unpaired) electrons. The van der Waals surface area contributed by atoms with Gasteiger partial charge in [0.25, 0.3) is 17.7 Å². The molecule has 2 aromatic heterocycles. The molecule has 27 heavy (non-hydrogen) atoms. The van der Waals surface area contributed by atoms with E-state index >= 15 is 0 Å². The first-order valence-corrected chi connectivity index (χ1v) is 10.1. The van der Waals surface area contributed by atoms with E-state index in [1.54, 1.807) is 11.3 Å². The molecule has 1 atom stereocenters. The van der Waals surface area contributed by atoms with Crippen molar-refractivity contribution in [1.29, 1.82) is 0 Å². The quantitative estimate of drug-likeness (QED) is 0.560. The van der Waals surface area contributed by atoms with Crippen LogP contribution in [0.4, 0.5) is 0 Å². The number of amides is 1. The van der Waals surface area contributed by atoms with Gasteiger partial charge in [-0.2, -0.15) is 0 Å². The number of hydrogen-bond donors (Lipinski definition) is 2. The number of aromatic nitrogens is 2. The highest BCUT2D eigenvalue weighted by Crippen LogP contribution is 2.22. The Kier molecular flexibility index (Phi) is 7.12. The van der Waals surface area contributed by atoms with Crippen molar-refractivity contribution in [2.24, 2.45) is 0 Å². The Labute approximate surface area is 163 Å². The van der Waals surface area contributed by atoms with E-state index in [4.69, 9.17) is 4.42 Å². The Bertz CT molecular complexity index is 818.